The van der Waals surface area contributed by atoms with Crippen molar-refractivity contribution >= 4 is 0 Å². The van der Waals surface area contributed by atoms with Gasteiger partial charge in [-0.05, 0) is 18.6 Å². The highest BCUT2D eigenvalue weighted by molar-refractivity contribution is 5.46. The van der Waals surface area contributed by atoms with E-state index in [1.54, 1.807) is 21.3 Å². The van der Waals surface area contributed by atoms with Gasteiger partial charge in [0.2, 0.25) is 0 Å². The van der Waals surface area contributed by atoms with Crippen molar-refractivity contribution in [2.45, 2.75) is 13.0 Å². The van der Waals surface area contributed by atoms with E-state index in [0.29, 0.717) is 13.0 Å². The third-order valence-corrected chi connectivity index (χ3v) is 2.36. The Hall–Kier alpha value is -1.26. The lowest BCUT2D eigenvalue weighted by Gasteiger charge is -2.14. The Balaban J connectivity index is 3.11. The maximum absolute atomic E-state index is 8.95. The number of methoxy groups -OCH3 is 3. The molecule has 0 heterocycles. The molecule has 0 unspecified atom stereocenters. The lowest BCUT2D eigenvalue weighted by atomic mass is 10.1. The molecule has 0 aromatic heterocycles. The minimum atomic E-state index is 0.0864. The molecular weight excluding hydrogens is 208 g/mol. The van der Waals surface area contributed by atoms with E-state index in [4.69, 9.17) is 19.3 Å². The first-order valence-corrected chi connectivity index (χ1v) is 5.10. The molecule has 1 N–H and O–H groups in total. The molecule has 1 aromatic carbocycles. The highest BCUT2D eigenvalue weighted by atomic mass is 16.5. The van der Waals surface area contributed by atoms with Crippen molar-refractivity contribution in [2.24, 2.45) is 0 Å². The molecule has 0 fully saturated rings. The van der Waals surface area contributed by atoms with Crippen LogP contribution < -0.4 is 9.47 Å². The van der Waals surface area contributed by atoms with E-state index in [-0.39, 0.29) is 6.61 Å². The van der Waals surface area contributed by atoms with Crippen LogP contribution in [0.2, 0.25) is 0 Å². The standard InChI is InChI=1S/C12H18O4/c1-14-8-10-7-11(15-2)9(4-5-13)6-12(10)16-3/h6-7,13H,4-5,8H2,1-3H3. The van der Waals surface area contributed by atoms with Crippen LogP contribution in [0.1, 0.15) is 11.1 Å². The van der Waals surface area contributed by atoms with Crippen LogP contribution in [0.5, 0.6) is 11.5 Å². The van der Waals surface area contributed by atoms with Gasteiger partial charge in [-0.1, -0.05) is 0 Å². The van der Waals surface area contributed by atoms with Crippen molar-refractivity contribution in [3.05, 3.63) is 23.3 Å². The summed E-state index contributed by atoms with van der Waals surface area (Å²) in [6, 6.07) is 3.76. The summed E-state index contributed by atoms with van der Waals surface area (Å²) in [4.78, 5) is 0. The topological polar surface area (TPSA) is 47.9 Å². The van der Waals surface area contributed by atoms with Gasteiger partial charge < -0.3 is 19.3 Å². The third kappa shape index (κ3) is 2.87. The average Bonchev–Trinajstić information content (AvgIpc) is 2.31. The number of aliphatic hydroxyl groups is 1. The zero-order chi connectivity index (χ0) is 12.0. The zero-order valence-corrected chi connectivity index (χ0v) is 9.95. The summed E-state index contributed by atoms with van der Waals surface area (Å²) in [5, 5.41) is 8.95. The lowest BCUT2D eigenvalue weighted by Crippen LogP contribution is -2.01. The zero-order valence-electron chi connectivity index (χ0n) is 9.95. The third-order valence-electron chi connectivity index (χ3n) is 2.36. The van der Waals surface area contributed by atoms with Crippen molar-refractivity contribution in [1.82, 2.24) is 0 Å². The number of hydrogen-bond donors (Lipinski definition) is 1. The van der Waals surface area contributed by atoms with Crippen molar-refractivity contribution in [2.75, 3.05) is 27.9 Å². The Labute approximate surface area is 95.8 Å². The maximum Gasteiger partial charge on any atom is 0.124 e. The summed E-state index contributed by atoms with van der Waals surface area (Å²) < 4.78 is 15.6. The van der Waals surface area contributed by atoms with Gasteiger partial charge in [0.1, 0.15) is 11.5 Å². The summed E-state index contributed by atoms with van der Waals surface area (Å²) >= 11 is 0. The highest BCUT2D eigenvalue weighted by Crippen LogP contribution is 2.29. The van der Waals surface area contributed by atoms with Crippen LogP contribution in [-0.2, 0) is 17.8 Å². The molecule has 0 bridgehead atoms. The van der Waals surface area contributed by atoms with Gasteiger partial charge in [-0.25, -0.2) is 0 Å². The van der Waals surface area contributed by atoms with E-state index in [1.165, 1.54) is 0 Å². The second-order valence-electron chi connectivity index (χ2n) is 3.38. The molecule has 0 amide bonds. The second kappa shape index (κ2) is 6.35. The normalized spacial score (nSPS) is 10.2. The summed E-state index contributed by atoms with van der Waals surface area (Å²) in [5.74, 6) is 1.51. The van der Waals surface area contributed by atoms with Gasteiger partial charge in [0.25, 0.3) is 0 Å². The number of rotatable bonds is 6. The number of aliphatic hydroxyl groups excluding tert-OH is 1. The Kier molecular flexibility index (Phi) is 5.08. The Morgan fingerprint density at radius 3 is 2.06 bits per heavy atom. The van der Waals surface area contributed by atoms with E-state index in [1.807, 2.05) is 12.1 Å². The Morgan fingerprint density at radius 1 is 1.00 bits per heavy atom. The molecule has 90 valence electrons. The molecule has 0 spiro atoms. The van der Waals surface area contributed by atoms with E-state index in [0.717, 1.165) is 22.6 Å². The largest absolute Gasteiger partial charge is 0.496 e. The molecule has 0 aliphatic heterocycles. The molecule has 0 aliphatic rings. The van der Waals surface area contributed by atoms with E-state index < -0.39 is 0 Å². The molecule has 1 rings (SSSR count). The molecule has 16 heavy (non-hydrogen) atoms. The first-order valence-electron chi connectivity index (χ1n) is 5.10. The lowest BCUT2D eigenvalue weighted by molar-refractivity contribution is 0.181. The fraction of sp³-hybridized carbons (Fsp3) is 0.500. The van der Waals surface area contributed by atoms with Gasteiger partial charge >= 0.3 is 0 Å². The van der Waals surface area contributed by atoms with Crippen molar-refractivity contribution < 1.29 is 19.3 Å². The van der Waals surface area contributed by atoms with Gasteiger partial charge in [-0.3, -0.25) is 0 Å². The minimum absolute atomic E-state index is 0.0864. The van der Waals surface area contributed by atoms with Crippen LogP contribution in [0.3, 0.4) is 0 Å². The maximum atomic E-state index is 8.95. The van der Waals surface area contributed by atoms with E-state index in [2.05, 4.69) is 0 Å². The van der Waals surface area contributed by atoms with Crippen LogP contribution in [-0.4, -0.2) is 33.0 Å². The Morgan fingerprint density at radius 2 is 1.56 bits per heavy atom. The summed E-state index contributed by atoms with van der Waals surface area (Å²) in [6.45, 7) is 0.558. The monoisotopic (exact) mass is 226 g/mol. The van der Waals surface area contributed by atoms with Crippen LogP contribution in [0.4, 0.5) is 0 Å². The molecule has 4 nitrogen and oxygen atoms in total. The predicted molar refractivity (Wildman–Crippen MR) is 61.0 cm³/mol. The van der Waals surface area contributed by atoms with E-state index in [9.17, 15) is 0 Å². The van der Waals surface area contributed by atoms with Crippen molar-refractivity contribution in [3.63, 3.8) is 0 Å². The average molecular weight is 226 g/mol. The molecule has 0 radical (unpaired) electrons. The molecule has 0 saturated heterocycles. The second-order valence-corrected chi connectivity index (χ2v) is 3.38. The first-order chi connectivity index (χ1) is 7.76. The van der Waals surface area contributed by atoms with E-state index >= 15 is 0 Å². The van der Waals surface area contributed by atoms with Crippen molar-refractivity contribution in [3.8, 4) is 11.5 Å². The fourth-order valence-corrected chi connectivity index (χ4v) is 1.61. The van der Waals surface area contributed by atoms with Crippen LogP contribution in [0.25, 0.3) is 0 Å². The van der Waals surface area contributed by atoms with Crippen molar-refractivity contribution in [1.29, 1.82) is 0 Å². The number of hydrogen-bond acceptors (Lipinski definition) is 4. The van der Waals surface area contributed by atoms with Gasteiger partial charge in [0.05, 0.1) is 20.8 Å². The van der Waals surface area contributed by atoms with Crippen LogP contribution in [0.15, 0.2) is 12.1 Å². The molecule has 0 atom stereocenters. The van der Waals surface area contributed by atoms with Gasteiger partial charge in [0, 0.05) is 24.8 Å². The molecular formula is C12H18O4. The fourth-order valence-electron chi connectivity index (χ4n) is 1.61. The predicted octanol–water partition coefficient (Wildman–Crippen LogP) is 1.39. The summed E-state index contributed by atoms with van der Waals surface area (Å²) in [6.07, 6.45) is 0.548. The van der Waals surface area contributed by atoms with Crippen LogP contribution in [0, 0.1) is 0 Å². The number of ether oxygens (including phenoxy) is 3. The minimum Gasteiger partial charge on any atom is -0.496 e. The summed E-state index contributed by atoms with van der Waals surface area (Å²) in [5.41, 5.74) is 1.87. The van der Waals surface area contributed by atoms with Gasteiger partial charge in [-0.2, -0.15) is 0 Å². The quantitative estimate of drug-likeness (QED) is 0.796. The molecule has 4 heteroatoms. The SMILES string of the molecule is COCc1cc(OC)c(CCO)cc1OC. The first kappa shape index (κ1) is 12.8. The van der Waals surface area contributed by atoms with Gasteiger partial charge in [0.15, 0.2) is 0 Å². The molecule has 0 saturated carbocycles. The molecule has 1 aromatic rings. The smallest absolute Gasteiger partial charge is 0.124 e. The highest BCUT2D eigenvalue weighted by Gasteiger charge is 2.10. The number of benzene rings is 1. The van der Waals surface area contributed by atoms with Gasteiger partial charge in [-0.15, -0.1) is 0 Å². The Bertz CT molecular complexity index is 302. The molecule has 0 aliphatic carbocycles. The van der Waals surface area contributed by atoms with Crippen LogP contribution >= 0.6 is 0 Å². The summed E-state index contributed by atoms with van der Waals surface area (Å²) in [7, 11) is 4.86.